The van der Waals surface area contributed by atoms with Gasteiger partial charge in [0.2, 0.25) is 11.8 Å². The molecule has 2 amide bonds. The average Bonchev–Trinajstić information content (AvgIpc) is 2.69. The minimum absolute atomic E-state index is 0.0242. The first-order valence-electron chi connectivity index (χ1n) is 9.20. The van der Waals surface area contributed by atoms with Crippen molar-refractivity contribution in [2.45, 2.75) is 31.1 Å². The number of hydrogen-bond donors (Lipinski definition) is 1. The van der Waals surface area contributed by atoms with Gasteiger partial charge in [-0.2, -0.15) is 0 Å². The lowest BCUT2D eigenvalue weighted by atomic mass is 9.84. The SMILES string of the molecule is CCC(C)C(C(=O)N(C)CC(=O)Nc1ccccc1SC)c1ccccc1. The molecular formula is C22H28N2O2S. The smallest absolute Gasteiger partial charge is 0.244 e. The minimum Gasteiger partial charge on any atom is -0.336 e. The summed E-state index contributed by atoms with van der Waals surface area (Å²) in [6, 6.07) is 17.5. The third-order valence-corrected chi connectivity index (χ3v) is 5.57. The van der Waals surface area contributed by atoms with Gasteiger partial charge in [0, 0.05) is 11.9 Å². The molecule has 0 aliphatic carbocycles. The molecule has 4 nitrogen and oxygen atoms in total. The molecule has 0 saturated carbocycles. The van der Waals surface area contributed by atoms with Crippen molar-refractivity contribution in [3.63, 3.8) is 0 Å². The summed E-state index contributed by atoms with van der Waals surface area (Å²) in [5.41, 5.74) is 1.77. The van der Waals surface area contributed by atoms with Crippen molar-refractivity contribution in [3.8, 4) is 0 Å². The van der Waals surface area contributed by atoms with Crippen LogP contribution in [-0.4, -0.2) is 36.6 Å². The second-order valence-corrected chi connectivity index (χ2v) is 7.56. The van der Waals surface area contributed by atoms with Gasteiger partial charge in [-0.25, -0.2) is 0 Å². The predicted octanol–water partition coefficient (Wildman–Crippen LogP) is 4.64. The highest BCUT2D eigenvalue weighted by molar-refractivity contribution is 7.98. The quantitative estimate of drug-likeness (QED) is 0.675. The number of amides is 2. The van der Waals surface area contributed by atoms with Gasteiger partial charge in [0.05, 0.1) is 18.2 Å². The predicted molar refractivity (Wildman–Crippen MR) is 113 cm³/mol. The lowest BCUT2D eigenvalue weighted by Crippen LogP contribution is -2.39. The second-order valence-electron chi connectivity index (χ2n) is 6.72. The number of likely N-dealkylation sites (N-methyl/N-ethyl adjacent to an activating group) is 1. The zero-order valence-electron chi connectivity index (χ0n) is 16.4. The largest absolute Gasteiger partial charge is 0.336 e. The number of nitrogens with one attached hydrogen (secondary N) is 1. The molecule has 144 valence electrons. The Hall–Kier alpha value is -2.27. The number of carbonyl (C=O) groups excluding carboxylic acids is 2. The average molecular weight is 385 g/mol. The zero-order valence-corrected chi connectivity index (χ0v) is 17.3. The lowest BCUT2D eigenvalue weighted by molar-refractivity contribution is -0.135. The molecule has 0 aliphatic heterocycles. The molecule has 0 spiro atoms. The molecule has 1 N–H and O–H groups in total. The van der Waals surface area contributed by atoms with Gasteiger partial charge in [0.15, 0.2) is 0 Å². The van der Waals surface area contributed by atoms with E-state index in [2.05, 4.69) is 19.2 Å². The molecule has 2 aromatic carbocycles. The van der Waals surface area contributed by atoms with Crippen molar-refractivity contribution in [2.75, 3.05) is 25.2 Å². The monoisotopic (exact) mass is 384 g/mol. The van der Waals surface area contributed by atoms with Crippen LogP contribution in [0.4, 0.5) is 5.69 Å². The molecule has 2 rings (SSSR count). The summed E-state index contributed by atoms with van der Waals surface area (Å²) in [6.07, 6.45) is 2.86. The number of rotatable bonds is 8. The van der Waals surface area contributed by atoms with Gasteiger partial charge in [-0.1, -0.05) is 62.7 Å². The third kappa shape index (κ3) is 5.60. The molecule has 0 radical (unpaired) electrons. The van der Waals surface area contributed by atoms with Gasteiger partial charge in [-0.3, -0.25) is 9.59 Å². The topological polar surface area (TPSA) is 49.4 Å². The zero-order chi connectivity index (χ0) is 19.8. The van der Waals surface area contributed by atoms with Gasteiger partial charge in [0.25, 0.3) is 0 Å². The standard InChI is InChI=1S/C22H28N2O2S/c1-5-16(2)21(17-11-7-6-8-12-17)22(26)24(3)15-20(25)23-18-13-9-10-14-19(18)27-4/h6-14,16,21H,5,15H2,1-4H3,(H,23,25). The van der Waals surface area contributed by atoms with E-state index in [0.717, 1.165) is 22.6 Å². The summed E-state index contributed by atoms with van der Waals surface area (Å²) in [4.78, 5) is 28.1. The fourth-order valence-electron chi connectivity index (χ4n) is 3.08. The Bertz CT molecular complexity index is 764. The van der Waals surface area contributed by atoms with Crippen LogP contribution < -0.4 is 5.32 Å². The van der Waals surface area contributed by atoms with Gasteiger partial charge < -0.3 is 10.2 Å². The Labute approximate surface area is 166 Å². The highest BCUT2D eigenvalue weighted by Gasteiger charge is 2.29. The number of nitrogens with zero attached hydrogens (tertiary/aromatic N) is 1. The number of benzene rings is 2. The Morgan fingerprint density at radius 3 is 2.33 bits per heavy atom. The van der Waals surface area contributed by atoms with Crippen molar-refractivity contribution >= 4 is 29.3 Å². The minimum atomic E-state index is -0.243. The third-order valence-electron chi connectivity index (χ3n) is 4.78. The maximum Gasteiger partial charge on any atom is 0.244 e. The summed E-state index contributed by atoms with van der Waals surface area (Å²) in [5, 5.41) is 2.92. The van der Waals surface area contributed by atoms with E-state index in [4.69, 9.17) is 0 Å². The van der Waals surface area contributed by atoms with E-state index >= 15 is 0 Å². The number of para-hydroxylation sites is 1. The van der Waals surface area contributed by atoms with E-state index in [9.17, 15) is 9.59 Å². The highest BCUT2D eigenvalue weighted by atomic mass is 32.2. The van der Waals surface area contributed by atoms with Gasteiger partial charge >= 0.3 is 0 Å². The first kappa shape index (κ1) is 21.0. The fraction of sp³-hybridized carbons (Fsp3) is 0.364. The Balaban J connectivity index is 2.09. The van der Waals surface area contributed by atoms with Crippen LogP contribution in [0.1, 0.15) is 31.7 Å². The van der Waals surface area contributed by atoms with Crippen molar-refractivity contribution in [2.24, 2.45) is 5.92 Å². The summed E-state index contributed by atoms with van der Waals surface area (Å²) in [5.74, 6) is -0.262. The molecular weight excluding hydrogens is 356 g/mol. The molecule has 0 aromatic heterocycles. The molecule has 0 aliphatic rings. The Kier molecular flexibility index (Phi) is 7.92. The normalized spacial score (nSPS) is 12.9. The fourth-order valence-corrected chi connectivity index (χ4v) is 3.63. The summed E-state index contributed by atoms with van der Waals surface area (Å²) >= 11 is 1.58. The number of thioether (sulfide) groups is 1. The van der Waals surface area contributed by atoms with E-state index in [-0.39, 0.29) is 30.2 Å². The van der Waals surface area contributed by atoms with Crippen LogP contribution in [0.2, 0.25) is 0 Å². The van der Waals surface area contributed by atoms with Crippen molar-refractivity contribution < 1.29 is 9.59 Å². The molecule has 0 saturated heterocycles. The Morgan fingerprint density at radius 1 is 1.07 bits per heavy atom. The molecule has 2 atom stereocenters. The van der Waals surface area contributed by atoms with Crippen molar-refractivity contribution in [1.29, 1.82) is 0 Å². The van der Waals surface area contributed by atoms with Crippen LogP contribution in [0.15, 0.2) is 59.5 Å². The van der Waals surface area contributed by atoms with E-state index in [1.54, 1.807) is 18.8 Å². The highest BCUT2D eigenvalue weighted by Crippen LogP contribution is 2.29. The van der Waals surface area contributed by atoms with Crippen LogP contribution in [0.3, 0.4) is 0 Å². The number of hydrogen-bond acceptors (Lipinski definition) is 3. The van der Waals surface area contributed by atoms with Crippen molar-refractivity contribution in [1.82, 2.24) is 4.90 Å². The summed E-state index contributed by atoms with van der Waals surface area (Å²) in [6.45, 7) is 4.19. The van der Waals surface area contributed by atoms with E-state index in [1.165, 1.54) is 4.90 Å². The van der Waals surface area contributed by atoms with E-state index in [0.29, 0.717) is 0 Å². The molecule has 5 heteroatoms. The molecule has 0 heterocycles. The molecule has 27 heavy (non-hydrogen) atoms. The molecule has 0 bridgehead atoms. The van der Waals surface area contributed by atoms with Gasteiger partial charge in [0.1, 0.15) is 0 Å². The summed E-state index contributed by atoms with van der Waals surface area (Å²) in [7, 11) is 1.70. The van der Waals surface area contributed by atoms with Crippen LogP contribution in [0, 0.1) is 5.92 Å². The van der Waals surface area contributed by atoms with Gasteiger partial charge in [-0.05, 0) is 29.9 Å². The molecule has 2 aromatic rings. The first-order chi connectivity index (χ1) is 13.0. The van der Waals surface area contributed by atoms with Crippen molar-refractivity contribution in [3.05, 3.63) is 60.2 Å². The maximum absolute atomic E-state index is 13.1. The number of carbonyl (C=O) groups is 2. The maximum atomic E-state index is 13.1. The van der Waals surface area contributed by atoms with Crippen LogP contribution in [0.25, 0.3) is 0 Å². The van der Waals surface area contributed by atoms with Crippen LogP contribution in [0.5, 0.6) is 0 Å². The van der Waals surface area contributed by atoms with Gasteiger partial charge in [-0.15, -0.1) is 11.8 Å². The lowest BCUT2D eigenvalue weighted by Gasteiger charge is -2.27. The van der Waals surface area contributed by atoms with Crippen LogP contribution >= 0.6 is 11.8 Å². The first-order valence-corrected chi connectivity index (χ1v) is 10.4. The van der Waals surface area contributed by atoms with Crippen LogP contribution in [-0.2, 0) is 9.59 Å². The molecule has 0 fully saturated rings. The summed E-state index contributed by atoms with van der Waals surface area (Å²) < 4.78 is 0. The molecule has 2 unspecified atom stereocenters. The Morgan fingerprint density at radius 2 is 1.70 bits per heavy atom. The number of anilines is 1. The van der Waals surface area contributed by atoms with E-state index in [1.807, 2.05) is 60.9 Å². The second kappa shape index (κ2) is 10.2. The van der Waals surface area contributed by atoms with E-state index < -0.39 is 0 Å².